The highest BCUT2D eigenvalue weighted by Gasteiger charge is 2.28. The molecule has 0 spiro atoms. The van der Waals surface area contributed by atoms with Gasteiger partial charge in [0.2, 0.25) is 0 Å². The predicted molar refractivity (Wildman–Crippen MR) is 78.4 cm³/mol. The molecule has 0 aromatic heterocycles. The van der Waals surface area contributed by atoms with E-state index in [1.165, 1.54) is 0 Å². The average molecular weight is 326 g/mol. The van der Waals surface area contributed by atoms with E-state index in [0.29, 0.717) is 29.7 Å². The lowest BCUT2D eigenvalue weighted by Gasteiger charge is -2.33. The first-order chi connectivity index (χ1) is 8.58. The standard InChI is InChI=1S/C12H14Cl2N2O2.ClH/c13-9-2-1-8(10(14)5-9)7-16-4-3-15-6-11(16)12(17)18;/h1-2,5,11,15H,3-4,6-7H2,(H,17,18);1H. The molecule has 1 aromatic carbocycles. The second kappa shape index (κ2) is 7.31. The lowest BCUT2D eigenvalue weighted by atomic mass is 10.1. The molecule has 0 aliphatic carbocycles. The van der Waals surface area contributed by atoms with Gasteiger partial charge < -0.3 is 10.4 Å². The normalized spacial score (nSPS) is 19.8. The molecule has 4 nitrogen and oxygen atoms in total. The SMILES string of the molecule is Cl.O=C(O)C1CNCCN1Cc1ccc(Cl)cc1Cl. The summed E-state index contributed by atoms with van der Waals surface area (Å²) in [6.45, 7) is 2.46. The fourth-order valence-electron chi connectivity index (χ4n) is 2.05. The topological polar surface area (TPSA) is 52.6 Å². The summed E-state index contributed by atoms with van der Waals surface area (Å²) in [5.41, 5.74) is 0.897. The van der Waals surface area contributed by atoms with E-state index >= 15 is 0 Å². The number of benzene rings is 1. The van der Waals surface area contributed by atoms with Crippen LogP contribution in [-0.2, 0) is 11.3 Å². The maximum atomic E-state index is 11.2. The second-order valence-electron chi connectivity index (χ2n) is 4.26. The van der Waals surface area contributed by atoms with Crippen molar-refractivity contribution in [1.29, 1.82) is 0 Å². The largest absolute Gasteiger partial charge is 0.480 e. The molecule has 19 heavy (non-hydrogen) atoms. The van der Waals surface area contributed by atoms with Crippen molar-refractivity contribution in [3.63, 3.8) is 0 Å². The number of halogens is 3. The third-order valence-electron chi connectivity index (χ3n) is 3.03. The molecule has 1 unspecified atom stereocenters. The van der Waals surface area contributed by atoms with Gasteiger partial charge >= 0.3 is 5.97 Å². The van der Waals surface area contributed by atoms with Crippen LogP contribution in [-0.4, -0.2) is 41.7 Å². The van der Waals surface area contributed by atoms with Crippen LogP contribution in [0.1, 0.15) is 5.56 Å². The van der Waals surface area contributed by atoms with Gasteiger partial charge in [-0.2, -0.15) is 0 Å². The summed E-state index contributed by atoms with van der Waals surface area (Å²) in [6.07, 6.45) is 0. The molecule has 1 aromatic rings. The molecule has 1 saturated heterocycles. The number of nitrogens with one attached hydrogen (secondary N) is 1. The number of nitrogens with zero attached hydrogens (tertiary/aromatic N) is 1. The Labute approximate surface area is 128 Å². The quantitative estimate of drug-likeness (QED) is 0.895. The summed E-state index contributed by atoms with van der Waals surface area (Å²) >= 11 is 11.9. The summed E-state index contributed by atoms with van der Waals surface area (Å²) in [5, 5.41) is 13.4. The van der Waals surface area contributed by atoms with E-state index in [9.17, 15) is 4.79 Å². The number of carboxylic acids is 1. The molecule has 0 radical (unpaired) electrons. The van der Waals surface area contributed by atoms with Crippen molar-refractivity contribution in [2.24, 2.45) is 0 Å². The van der Waals surface area contributed by atoms with E-state index in [1.807, 2.05) is 11.0 Å². The average Bonchev–Trinajstić information content (AvgIpc) is 2.33. The van der Waals surface area contributed by atoms with Crippen LogP contribution in [0.2, 0.25) is 10.0 Å². The van der Waals surface area contributed by atoms with Gasteiger partial charge in [-0.3, -0.25) is 9.69 Å². The van der Waals surface area contributed by atoms with Gasteiger partial charge in [-0.25, -0.2) is 0 Å². The van der Waals surface area contributed by atoms with Gasteiger partial charge in [0.1, 0.15) is 6.04 Å². The third kappa shape index (κ3) is 4.23. The fraction of sp³-hybridized carbons (Fsp3) is 0.417. The number of rotatable bonds is 3. The Morgan fingerprint density at radius 3 is 2.84 bits per heavy atom. The van der Waals surface area contributed by atoms with Crippen molar-refractivity contribution in [3.05, 3.63) is 33.8 Å². The highest BCUT2D eigenvalue weighted by Crippen LogP contribution is 2.23. The van der Waals surface area contributed by atoms with E-state index in [2.05, 4.69) is 5.32 Å². The zero-order valence-corrected chi connectivity index (χ0v) is 12.4. The minimum Gasteiger partial charge on any atom is -0.480 e. The molecule has 1 heterocycles. The molecule has 7 heteroatoms. The number of aliphatic carboxylic acids is 1. The van der Waals surface area contributed by atoms with Crippen molar-refractivity contribution >= 4 is 41.6 Å². The molecule has 2 rings (SSSR count). The van der Waals surface area contributed by atoms with E-state index < -0.39 is 12.0 Å². The number of piperazine rings is 1. The van der Waals surface area contributed by atoms with Crippen LogP contribution in [0.25, 0.3) is 0 Å². The molecule has 0 amide bonds. The Morgan fingerprint density at radius 1 is 1.47 bits per heavy atom. The number of carboxylic acid groups (broad SMARTS) is 1. The van der Waals surface area contributed by atoms with Crippen molar-refractivity contribution < 1.29 is 9.90 Å². The molecule has 106 valence electrons. The minimum atomic E-state index is -0.813. The van der Waals surface area contributed by atoms with Crippen molar-refractivity contribution in [1.82, 2.24) is 10.2 Å². The lowest BCUT2D eigenvalue weighted by molar-refractivity contribution is -0.144. The minimum absolute atomic E-state index is 0. The summed E-state index contributed by atoms with van der Waals surface area (Å²) in [5.74, 6) is -0.813. The van der Waals surface area contributed by atoms with Gasteiger partial charge in [0.15, 0.2) is 0 Å². The Balaban J connectivity index is 0.00000180. The second-order valence-corrected chi connectivity index (χ2v) is 5.11. The highest BCUT2D eigenvalue weighted by atomic mass is 35.5. The third-order valence-corrected chi connectivity index (χ3v) is 3.61. The molecule has 0 saturated carbocycles. The molecule has 0 bridgehead atoms. The van der Waals surface area contributed by atoms with Gasteiger partial charge in [-0.15, -0.1) is 12.4 Å². The summed E-state index contributed by atoms with van der Waals surface area (Å²) in [7, 11) is 0. The first-order valence-corrected chi connectivity index (χ1v) is 6.45. The van der Waals surface area contributed by atoms with Crippen LogP contribution < -0.4 is 5.32 Å². The maximum Gasteiger partial charge on any atom is 0.322 e. The fourth-order valence-corrected chi connectivity index (χ4v) is 2.52. The van der Waals surface area contributed by atoms with Gasteiger partial charge in [0.05, 0.1) is 0 Å². The van der Waals surface area contributed by atoms with E-state index in [4.69, 9.17) is 28.3 Å². The first-order valence-electron chi connectivity index (χ1n) is 5.69. The Bertz CT molecular complexity index is 457. The van der Waals surface area contributed by atoms with Gasteiger partial charge in [-0.1, -0.05) is 29.3 Å². The molecule has 1 fully saturated rings. The van der Waals surface area contributed by atoms with Crippen LogP contribution in [0.4, 0.5) is 0 Å². The van der Waals surface area contributed by atoms with Crippen LogP contribution in [0.3, 0.4) is 0 Å². The van der Waals surface area contributed by atoms with Crippen molar-refractivity contribution in [2.45, 2.75) is 12.6 Å². The Hall–Kier alpha value is -0.520. The van der Waals surface area contributed by atoms with Crippen LogP contribution in [0, 0.1) is 0 Å². The van der Waals surface area contributed by atoms with Gasteiger partial charge in [0.25, 0.3) is 0 Å². The van der Waals surface area contributed by atoms with E-state index in [-0.39, 0.29) is 12.4 Å². The molecule has 1 aliphatic heterocycles. The van der Waals surface area contributed by atoms with Crippen molar-refractivity contribution in [2.75, 3.05) is 19.6 Å². The monoisotopic (exact) mass is 324 g/mol. The Kier molecular flexibility index (Phi) is 6.36. The van der Waals surface area contributed by atoms with Crippen LogP contribution in [0.15, 0.2) is 18.2 Å². The number of carbonyl (C=O) groups is 1. The van der Waals surface area contributed by atoms with Gasteiger partial charge in [0, 0.05) is 36.2 Å². The van der Waals surface area contributed by atoms with Crippen LogP contribution in [0.5, 0.6) is 0 Å². The molecule has 1 aliphatic rings. The summed E-state index contributed by atoms with van der Waals surface area (Å²) < 4.78 is 0. The zero-order valence-electron chi connectivity index (χ0n) is 10.1. The highest BCUT2D eigenvalue weighted by molar-refractivity contribution is 6.35. The summed E-state index contributed by atoms with van der Waals surface area (Å²) in [4.78, 5) is 13.1. The number of hydrogen-bond acceptors (Lipinski definition) is 3. The molecular weight excluding hydrogens is 311 g/mol. The molecular formula is C12H15Cl3N2O2. The molecule has 1 atom stereocenters. The zero-order chi connectivity index (χ0) is 13.1. The van der Waals surface area contributed by atoms with Crippen LogP contribution >= 0.6 is 35.6 Å². The smallest absolute Gasteiger partial charge is 0.322 e. The lowest BCUT2D eigenvalue weighted by Crippen LogP contribution is -2.54. The van der Waals surface area contributed by atoms with E-state index in [1.54, 1.807) is 12.1 Å². The van der Waals surface area contributed by atoms with Gasteiger partial charge in [-0.05, 0) is 17.7 Å². The number of hydrogen-bond donors (Lipinski definition) is 2. The predicted octanol–water partition coefficient (Wildman–Crippen LogP) is 2.27. The molecule has 2 N–H and O–H groups in total. The van der Waals surface area contributed by atoms with Crippen molar-refractivity contribution in [3.8, 4) is 0 Å². The Morgan fingerprint density at radius 2 is 2.21 bits per heavy atom. The maximum absolute atomic E-state index is 11.2. The van der Waals surface area contributed by atoms with E-state index in [0.717, 1.165) is 12.1 Å². The summed E-state index contributed by atoms with van der Waals surface area (Å²) in [6, 6.07) is 4.77. The first kappa shape index (κ1) is 16.5.